The van der Waals surface area contributed by atoms with Gasteiger partial charge in [-0.25, -0.2) is 0 Å². The van der Waals surface area contributed by atoms with Gasteiger partial charge in [0.1, 0.15) is 0 Å². The summed E-state index contributed by atoms with van der Waals surface area (Å²) < 4.78 is 4.95. The van der Waals surface area contributed by atoms with Gasteiger partial charge in [-0.1, -0.05) is 0 Å². The van der Waals surface area contributed by atoms with E-state index >= 15 is 0 Å². The molecule has 1 heterocycles. The van der Waals surface area contributed by atoms with Gasteiger partial charge in [-0.2, -0.15) is 0 Å². The van der Waals surface area contributed by atoms with Crippen LogP contribution in [0.3, 0.4) is 0 Å². The minimum atomic E-state index is -0.310. The summed E-state index contributed by atoms with van der Waals surface area (Å²) in [7, 11) is 0. The number of carbonyl (C=O) groups excluding carboxylic acids is 2. The molecule has 1 atom stereocenters. The smallest absolute Gasteiger partial charge is 0.286 e. The molecule has 0 aromatic carbocycles. The Bertz CT molecular complexity index is 426. The molecule has 19 heavy (non-hydrogen) atoms. The van der Waals surface area contributed by atoms with Gasteiger partial charge >= 0.3 is 0 Å². The minimum absolute atomic E-state index is 0.0771. The van der Waals surface area contributed by atoms with E-state index in [-0.39, 0.29) is 36.6 Å². The largest absolute Gasteiger partial charge is 0.459 e. The Kier molecular flexibility index (Phi) is 4.57. The fourth-order valence-electron chi connectivity index (χ4n) is 1.93. The fraction of sp³-hybridized carbons (Fsp3) is 0.538. The van der Waals surface area contributed by atoms with E-state index in [1.807, 2.05) is 0 Å². The van der Waals surface area contributed by atoms with Gasteiger partial charge < -0.3 is 20.8 Å². The number of carbonyl (C=O) groups is 2. The highest BCUT2D eigenvalue weighted by atomic mass is 16.3. The van der Waals surface area contributed by atoms with Crippen molar-refractivity contribution in [3.05, 3.63) is 24.2 Å². The predicted octanol–water partition coefficient (Wildman–Crippen LogP) is 0.253. The lowest BCUT2D eigenvalue weighted by molar-refractivity contribution is -0.121. The van der Waals surface area contributed by atoms with E-state index in [2.05, 4.69) is 10.6 Å². The number of hydrogen-bond acceptors (Lipinski definition) is 4. The summed E-state index contributed by atoms with van der Waals surface area (Å²) in [6.45, 7) is 0.752. The summed E-state index contributed by atoms with van der Waals surface area (Å²) in [5.74, 6) is 0.391. The highest BCUT2D eigenvalue weighted by Gasteiger charge is 2.30. The first kappa shape index (κ1) is 13.6. The average molecular weight is 265 g/mol. The highest BCUT2D eigenvalue weighted by Crippen LogP contribution is 2.32. The lowest BCUT2D eigenvalue weighted by Crippen LogP contribution is -2.42. The van der Waals surface area contributed by atoms with E-state index in [1.165, 1.54) is 6.26 Å². The van der Waals surface area contributed by atoms with Gasteiger partial charge in [-0.05, 0) is 30.9 Å². The SMILES string of the molecule is NCC(NC(=O)CCNC(=O)c1ccco1)C1CC1. The Morgan fingerprint density at radius 2 is 2.26 bits per heavy atom. The summed E-state index contributed by atoms with van der Waals surface area (Å²) in [6.07, 6.45) is 3.95. The monoisotopic (exact) mass is 265 g/mol. The van der Waals surface area contributed by atoms with Crippen LogP contribution in [0, 0.1) is 5.92 Å². The third kappa shape index (κ3) is 4.10. The summed E-state index contributed by atoms with van der Waals surface area (Å²) >= 11 is 0. The average Bonchev–Trinajstić information content (AvgIpc) is 3.09. The topological polar surface area (TPSA) is 97.4 Å². The molecular weight excluding hydrogens is 246 g/mol. The molecule has 1 aliphatic carbocycles. The summed E-state index contributed by atoms with van der Waals surface area (Å²) in [4.78, 5) is 23.2. The van der Waals surface area contributed by atoms with Crippen LogP contribution in [0.2, 0.25) is 0 Å². The standard InChI is InChI=1S/C13H19N3O3/c14-8-10(9-3-4-9)16-12(17)5-6-15-13(18)11-2-1-7-19-11/h1-2,7,9-10H,3-6,8,14H2,(H,15,18)(H,16,17). The molecule has 1 aliphatic rings. The van der Waals surface area contributed by atoms with Gasteiger partial charge in [0.15, 0.2) is 5.76 Å². The van der Waals surface area contributed by atoms with Gasteiger partial charge in [0, 0.05) is 25.6 Å². The second-order valence-corrected chi connectivity index (χ2v) is 4.73. The van der Waals surface area contributed by atoms with Crippen LogP contribution in [0.4, 0.5) is 0 Å². The molecule has 4 N–H and O–H groups in total. The van der Waals surface area contributed by atoms with Crippen molar-refractivity contribution in [3.63, 3.8) is 0 Å². The molecule has 1 aromatic heterocycles. The summed E-state index contributed by atoms with van der Waals surface area (Å²) in [5.41, 5.74) is 5.61. The summed E-state index contributed by atoms with van der Waals surface area (Å²) in [5, 5.41) is 5.53. The predicted molar refractivity (Wildman–Crippen MR) is 69.4 cm³/mol. The van der Waals surface area contributed by atoms with Crippen molar-refractivity contribution in [1.29, 1.82) is 0 Å². The van der Waals surface area contributed by atoms with E-state index in [0.717, 1.165) is 12.8 Å². The number of amides is 2. The van der Waals surface area contributed by atoms with Gasteiger partial charge in [0.05, 0.1) is 6.26 Å². The number of hydrogen-bond donors (Lipinski definition) is 3. The lowest BCUT2D eigenvalue weighted by Gasteiger charge is -2.15. The van der Waals surface area contributed by atoms with Crippen LogP contribution in [0.25, 0.3) is 0 Å². The number of nitrogens with one attached hydrogen (secondary N) is 2. The molecule has 1 fully saturated rings. The molecule has 0 bridgehead atoms. The van der Waals surface area contributed by atoms with Crippen molar-refractivity contribution >= 4 is 11.8 Å². The van der Waals surface area contributed by atoms with Crippen LogP contribution in [-0.2, 0) is 4.79 Å². The molecule has 0 spiro atoms. The highest BCUT2D eigenvalue weighted by molar-refractivity contribution is 5.91. The Hall–Kier alpha value is -1.82. The van der Waals surface area contributed by atoms with Gasteiger partial charge in [0.25, 0.3) is 5.91 Å². The van der Waals surface area contributed by atoms with Gasteiger partial charge in [-0.15, -0.1) is 0 Å². The van der Waals surface area contributed by atoms with E-state index in [0.29, 0.717) is 12.5 Å². The van der Waals surface area contributed by atoms with Crippen molar-refractivity contribution in [2.45, 2.75) is 25.3 Å². The van der Waals surface area contributed by atoms with Crippen LogP contribution >= 0.6 is 0 Å². The molecule has 1 saturated carbocycles. The number of rotatable bonds is 7. The molecule has 104 valence electrons. The van der Waals surface area contributed by atoms with Crippen LogP contribution in [-0.4, -0.2) is 30.9 Å². The minimum Gasteiger partial charge on any atom is -0.459 e. The van der Waals surface area contributed by atoms with E-state index < -0.39 is 0 Å². The Morgan fingerprint density at radius 1 is 1.47 bits per heavy atom. The van der Waals surface area contributed by atoms with Crippen molar-refractivity contribution in [2.75, 3.05) is 13.1 Å². The van der Waals surface area contributed by atoms with E-state index in [9.17, 15) is 9.59 Å². The van der Waals surface area contributed by atoms with Crippen molar-refractivity contribution in [3.8, 4) is 0 Å². The first-order chi connectivity index (χ1) is 9.20. The molecule has 1 aromatic rings. The molecule has 0 saturated heterocycles. The van der Waals surface area contributed by atoms with Gasteiger partial charge in [0.2, 0.25) is 5.91 Å². The molecule has 2 rings (SSSR count). The van der Waals surface area contributed by atoms with Crippen LogP contribution in [0.15, 0.2) is 22.8 Å². The Labute approximate surface area is 111 Å². The van der Waals surface area contributed by atoms with E-state index in [1.54, 1.807) is 12.1 Å². The fourth-order valence-corrected chi connectivity index (χ4v) is 1.93. The van der Waals surface area contributed by atoms with Crippen LogP contribution < -0.4 is 16.4 Å². The number of nitrogens with two attached hydrogens (primary N) is 1. The second kappa shape index (κ2) is 6.38. The zero-order chi connectivity index (χ0) is 13.7. The molecule has 0 radical (unpaired) electrons. The molecule has 2 amide bonds. The summed E-state index contributed by atoms with van der Waals surface area (Å²) in [6, 6.07) is 3.30. The van der Waals surface area contributed by atoms with Crippen molar-refractivity contribution in [2.24, 2.45) is 11.7 Å². The molecule has 6 nitrogen and oxygen atoms in total. The zero-order valence-electron chi connectivity index (χ0n) is 10.7. The van der Waals surface area contributed by atoms with Crippen molar-refractivity contribution in [1.82, 2.24) is 10.6 Å². The maximum absolute atomic E-state index is 11.7. The second-order valence-electron chi connectivity index (χ2n) is 4.73. The van der Waals surface area contributed by atoms with E-state index in [4.69, 9.17) is 10.2 Å². The third-order valence-corrected chi connectivity index (χ3v) is 3.17. The molecule has 1 unspecified atom stereocenters. The maximum Gasteiger partial charge on any atom is 0.286 e. The maximum atomic E-state index is 11.7. The third-order valence-electron chi connectivity index (χ3n) is 3.17. The van der Waals surface area contributed by atoms with Gasteiger partial charge in [-0.3, -0.25) is 9.59 Å². The molecule has 6 heteroatoms. The Morgan fingerprint density at radius 3 is 2.84 bits per heavy atom. The first-order valence-electron chi connectivity index (χ1n) is 6.52. The van der Waals surface area contributed by atoms with Crippen LogP contribution in [0.5, 0.6) is 0 Å². The quantitative estimate of drug-likeness (QED) is 0.658. The lowest BCUT2D eigenvalue weighted by atomic mass is 10.2. The first-order valence-corrected chi connectivity index (χ1v) is 6.52. The number of furan rings is 1. The van der Waals surface area contributed by atoms with Crippen LogP contribution in [0.1, 0.15) is 29.8 Å². The van der Waals surface area contributed by atoms with Crippen molar-refractivity contribution < 1.29 is 14.0 Å². The molecule has 0 aliphatic heterocycles. The molecular formula is C13H19N3O3. The Balaban J connectivity index is 1.64. The normalized spacial score (nSPS) is 15.8. The zero-order valence-corrected chi connectivity index (χ0v) is 10.7.